The summed E-state index contributed by atoms with van der Waals surface area (Å²) in [6.07, 6.45) is 1.44. The second-order valence-electron chi connectivity index (χ2n) is 4.88. The van der Waals surface area contributed by atoms with E-state index in [4.69, 9.17) is 4.74 Å². The van der Waals surface area contributed by atoms with Gasteiger partial charge in [-0.2, -0.15) is 0 Å². The number of pyridine rings is 2. The number of carbonyl (C=O) groups is 1. The zero-order valence-corrected chi connectivity index (χ0v) is 12.5. The van der Waals surface area contributed by atoms with Gasteiger partial charge in [0.2, 0.25) is 5.56 Å². The number of hydrogen-bond acceptors (Lipinski definition) is 4. The number of aromatic amines is 1. The Balaban J connectivity index is 1.87. The Labute approximate surface area is 132 Å². The average Bonchev–Trinajstić information content (AvgIpc) is 2.56. The van der Waals surface area contributed by atoms with Crippen LogP contribution in [0.2, 0.25) is 0 Å². The first kappa shape index (κ1) is 14.8. The highest BCUT2D eigenvalue weighted by Gasteiger charge is 2.09. The number of ether oxygens (including phenoxy) is 1. The summed E-state index contributed by atoms with van der Waals surface area (Å²) in [6, 6.07) is 11.9. The predicted molar refractivity (Wildman–Crippen MR) is 87.9 cm³/mol. The summed E-state index contributed by atoms with van der Waals surface area (Å²) in [5.74, 6) is 0.367. The molecule has 0 atom stereocenters. The monoisotopic (exact) mass is 309 g/mol. The molecule has 0 aliphatic heterocycles. The second kappa shape index (κ2) is 6.31. The van der Waals surface area contributed by atoms with Crippen molar-refractivity contribution < 1.29 is 9.53 Å². The highest BCUT2D eigenvalue weighted by atomic mass is 16.5. The maximum Gasteiger partial charge on any atom is 0.274 e. The van der Waals surface area contributed by atoms with E-state index >= 15 is 0 Å². The number of carbonyl (C=O) groups excluding carboxylic acids is 1. The summed E-state index contributed by atoms with van der Waals surface area (Å²) in [5.41, 5.74) is 1.25. The molecule has 1 aromatic carbocycles. The number of aromatic nitrogens is 2. The molecule has 0 saturated heterocycles. The zero-order chi connectivity index (χ0) is 16.2. The van der Waals surface area contributed by atoms with Crippen LogP contribution in [0.4, 0.5) is 5.69 Å². The molecule has 3 rings (SSSR count). The molecule has 6 heteroatoms. The minimum atomic E-state index is -0.347. The molecule has 0 spiro atoms. The summed E-state index contributed by atoms with van der Waals surface area (Å²) in [6.45, 7) is 2.48. The van der Waals surface area contributed by atoms with Gasteiger partial charge < -0.3 is 15.0 Å². The van der Waals surface area contributed by atoms with Crippen LogP contribution >= 0.6 is 0 Å². The molecule has 2 N–H and O–H groups in total. The van der Waals surface area contributed by atoms with E-state index in [0.29, 0.717) is 23.6 Å². The zero-order valence-electron chi connectivity index (χ0n) is 12.5. The van der Waals surface area contributed by atoms with Crippen molar-refractivity contribution >= 4 is 22.5 Å². The second-order valence-corrected chi connectivity index (χ2v) is 4.88. The van der Waals surface area contributed by atoms with E-state index in [2.05, 4.69) is 15.3 Å². The lowest BCUT2D eigenvalue weighted by Gasteiger charge is -2.07. The van der Waals surface area contributed by atoms with Crippen LogP contribution in [0.1, 0.15) is 17.4 Å². The smallest absolute Gasteiger partial charge is 0.274 e. The van der Waals surface area contributed by atoms with Crippen LogP contribution in [0, 0.1) is 0 Å². The highest BCUT2D eigenvalue weighted by Crippen LogP contribution is 2.20. The molecule has 0 saturated carbocycles. The summed E-state index contributed by atoms with van der Waals surface area (Å²) >= 11 is 0. The summed E-state index contributed by atoms with van der Waals surface area (Å²) in [7, 11) is 0. The van der Waals surface area contributed by atoms with Crippen molar-refractivity contribution in [1.29, 1.82) is 0 Å². The lowest BCUT2D eigenvalue weighted by Crippen LogP contribution is -2.15. The Morgan fingerprint density at radius 2 is 2.04 bits per heavy atom. The molecule has 0 unspecified atom stereocenters. The number of amides is 1. The molecule has 0 aliphatic carbocycles. The number of nitrogens with one attached hydrogen (secondary N) is 2. The van der Waals surface area contributed by atoms with Gasteiger partial charge >= 0.3 is 0 Å². The minimum Gasteiger partial charge on any atom is -0.494 e. The van der Waals surface area contributed by atoms with E-state index in [1.165, 1.54) is 18.3 Å². The SMILES string of the molecule is CCOc1ccc2ccc(C(=O)Nc3ccc(=O)[nH]c3)nc2c1. The van der Waals surface area contributed by atoms with Crippen molar-refractivity contribution in [2.75, 3.05) is 11.9 Å². The molecule has 3 aromatic rings. The van der Waals surface area contributed by atoms with Crippen LogP contribution in [-0.2, 0) is 0 Å². The Morgan fingerprint density at radius 1 is 1.22 bits per heavy atom. The lowest BCUT2D eigenvalue weighted by molar-refractivity contribution is 0.102. The van der Waals surface area contributed by atoms with Gasteiger partial charge in [-0.25, -0.2) is 4.98 Å². The standard InChI is InChI=1S/C17H15N3O3/c1-2-23-13-6-3-11-4-7-14(20-15(11)9-13)17(22)19-12-5-8-16(21)18-10-12/h3-10H,2H2,1H3,(H,18,21)(H,19,22). The lowest BCUT2D eigenvalue weighted by atomic mass is 10.2. The average molecular weight is 309 g/mol. The maximum atomic E-state index is 12.3. The third-order valence-corrected chi connectivity index (χ3v) is 3.25. The van der Waals surface area contributed by atoms with Crippen LogP contribution in [0.15, 0.2) is 53.5 Å². The van der Waals surface area contributed by atoms with E-state index in [-0.39, 0.29) is 17.2 Å². The van der Waals surface area contributed by atoms with Gasteiger partial charge in [-0.1, -0.05) is 6.07 Å². The molecule has 6 nitrogen and oxygen atoms in total. The first-order valence-corrected chi connectivity index (χ1v) is 7.19. The Bertz CT molecular complexity index is 898. The third kappa shape index (κ3) is 3.37. The number of fused-ring (bicyclic) bond motifs is 1. The molecule has 0 aliphatic rings. The van der Waals surface area contributed by atoms with Crippen molar-refractivity contribution in [2.24, 2.45) is 0 Å². The molecule has 0 bridgehead atoms. The number of anilines is 1. The van der Waals surface area contributed by atoms with Crippen molar-refractivity contribution in [3.05, 3.63) is 64.7 Å². The number of benzene rings is 1. The number of H-pyrrole nitrogens is 1. The largest absolute Gasteiger partial charge is 0.494 e. The van der Waals surface area contributed by atoms with Crippen LogP contribution in [0.25, 0.3) is 10.9 Å². The van der Waals surface area contributed by atoms with Crippen molar-refractivity contribution in [3.63, 3.8) is 0 Å². The fraction of sp³-hybridized carbons (Fsp3) is 0.118. The van der Waals surface area contributed by atoms with Crippen LogP contribution in [0.3, 0.4) is 0 Å². The molecular formula is C17H15N3O3. The van der Waals surface area contributed by atoms with Gasteiger partial charge in [0.1, 0.15) is 11.4 Å². The van der Waals surface area contributed by atoms with Crippen LogP contribution in [-0.4, -0.2) is 22.5 Å². The van der Waals surface area contributed by atoms with Gasteiger partial charge in [0.15, 0.2) is 0 Å². The number of nitrogens with zero attached hydrogens (tertiary/aromatic N) is 1. The Kier molecular flexibility index (Phi) is 4.05. The van der Waals surface area contributed by atoms with Crippen LogP contribution in [0.5, 0.6) is 5.75 Å². The molecule has 0 fully saturated rings. The first-order chi connectivity index (χ1) is 11.2. The van der Waals surface area contributed by atoms with Gasteiger partial charge in [0.05, 0.1) is 17.8 Å². The summed E-state index contributed by atoms with van der Waals surface area (Å²) < 4.78 is 5.45. The van der Waals surface area contributed by atoms with Gasteiger partial charge in [-0.15, -0.1) is 0 Å². The molecule has 2 aromatic heterocycles. The van der Waals surface area contributed by atoms with Gasteiger partial charge in [0.25, 0.3) is 5.91 Å². The van der Waals surface area contributed by atoms with Crippen molar-refractivity contribution in [1.82, 2.24) is 9.97 Å². The normalized spacial score (nSPS) is 10.5. The topological polar surface area (TPSA) is 84.1 Å². The molecular weight excluding hydrogens is 294 g/mol. The predicted octanol–water partition coefficient (Wildman–Crippen LogP) is 2.57. The summed E-state index contributed by atoms with van der Waals surface area (Å²) in [5, 5.41) is 3.61. The molecule has 2 heterocycles. The van der Waals surface area contributed by atoms with E-state index in [0.717, 1.165) is 5.39 Å². The van der Waals surface area contributed by atoms with Crippen LogP contribution < -0.4 is 15.6 Å². The van der Waals surface area contributed by atoms with E-state index in [1.807, 2.05) is 25.1 Å². The fourth-order valence-corrected chi connectivity index (χ4v) is 2.16. The van der Waals surface area contributed by atoms with E-state index in [1.54, 1.807) is 12.1 Å². The highest BCUT2D eigenvalue weighted by molar-refractivity contribution is 6.04. The Hall–Kier alpha value is -3.15. The van der Waals surface area contributed by atoms with Gasteiger partial charge in [-0.05, 0) is 31.2 Å². The minimum absolute atomic E-state index is 0.227. The molecule has 23 heavy (non-hydrogen) atoms. The molecule has 0 radical (unpaired) electrons. The van der Waals surface area contributed by atoms with Crippen molar-refractivity contribution in [2.45, 2.75) is 6.92 Å². The Morgan fingerprint density at radius 3 is 2.78 bits per heavy atom. The fourth-order valence-electron chi connectivity index (χ4n) is 2.16. The molecule has 116 valence electrons. The van der Waals surface area contributed by atoms with E-state index in [9.17, 15) is 9.59 Å². The first-order valence-electron chi connectivity index (χ1n) is 7.19. The third-order valence-electron chi connectivity index (χ3n) is 3.25. The number of rotatable bonds is 4. The van der Waals surface area contributed by atoms with E-state index < -0.39 is 0 Å². The van der Waals surface area contributed by atoms with Gasteiger partial charge in [-0.3, -0.25) is 9.59 Å². The summed E-state index contributed by atoms with van der Waals surface area (Å²) in [4.78, 5) is 30.1. The quantitative estimate of drug-likeness (QED) is 0.776. The molecule has 1 amide bonds. The van der Waals surface area contributed by atoms with Gasteiger partial charge in [0, 0.05) is 23.7 Å². The maximum absolute atomic E-state index is 12.3. The van der Waals surface area contributed by atoms with Crippen molar-refractivity contribution in [3.8, 4) is 5.75 Å². The number of hydrogen-bond donors (Lipinski definition) is 2.